The summed E-state index contributed by atoms with van der Waals surface area (Å²) in [6, 6.07) is 1.19. The highest BCUT2D eigenvalue weighted by atomic mass is 79.9. The fraction of sp³-hybridized carbons (Fsp3) is 0.818. The number of ether oxygens (including phenoxy) is 1. The average Bonchev–Trinajstić information content (AvgIpc) is 2.98. The molecule has 1 heterocycles. The second-order valence-corrected chi connectivity index (χ2v) is 12.2. The van der Waals surface area contributed by atoms with Crippen molar-refractivity contribution in [2.45, 2.75) is 51.2 Å². The van der Waals surface area contributed by atoms with E-state index in [1.54, 1.807) is 4.68 Å². The second kappa shape index (κ2) is 5.20. The SMILES string of the molecule is C[Si](C)(C)CCOCn1nc(C2CC2)nc1Br. The Bertz CT molecular complexity index is 385. The molecular formula is C11H20BrN3OSi. The Morgan fingerprint density at radius 3 is 2.71 bits per heavy atom. The summed E-state index contributed by atoms with van der Waals surface area (Å²) in [5.74, 6) is 1.56. The van der Waals surface area contributed by atoms with E-state index in [0.717, 1.165) is 17.2 Å². The number of rotatable bonds is 6. The summed E-state index contributed by atoms with van der Waals surface area (Å²) in [4.78, 5) is 4.40. The van der Waals surface area contributed by atoms with Gasteiger partial charge in [0.1, 0.15) is 6.73 Å². The molecule has 0 atom stereocenters. The lowest BCUT2D eigenvalue weighted by atomic mass is 10.4. The first-order valence-electron chi connectivity index (χ1n) is 6.14. The van der Waals surface area contributed by atoms with Gasteiger partial charge in [-0.25, -0.2) is 9.67 Å². The van der Waals surface area contributed by atoms with E-state index in [4.69, 9.17) is 4.74 Å². The average molecular weight is 318 g/mol. The smallest absolute Gasteiger partial charge is 0.197 e. The Kier molecular flexibility index (Phi) is 4.05. The van der Waals surface area contributed by atoms with E-state index in [0.29, 0.717) is 12.6 Å². The normalized spacial score (nSPS) is 16.5. The maximum Gasteiger partial charge on any atom is 0.197 e. The fourth-order valence-electron chi connectivity index (χ4n) is 1.47. The van der Waals surface area contributed by atoms with Crippen molar-refractivity contribution in [1.82, 2.24) is 14.8 Å². The number of halogens is 1. The zero-order valence-electron chi connectivity index (χ0n) is 10.7. The third-order valence-electron chi connectivity index (χ3n) is 2.80. The predicted molar refractivity (Wildman–Crippen MR) is 73.8 cm³/mol. The van der Waals surface area contributed by atoms with Crippen LogP contribution in [0.4, 0.5) is 0 Å². The van der Waals surface area contributed by atoms with Gasteiger partial charge in [-0.3, -0.25) is 0 Å². The number of hydrogen-bond acceptors (Lipinski definition) is 3. The van der Waals surface area contributed by atoms with Crippen LogP contribution in [0.3, 0.4) is 0 Å². The Balaban J connectivity index is 1.78. The van der Waals surface area contributed by atoms with Crippen LogP contribution < -0.4 is 0 Å². The summed E-state index contributed by atoms with van der Waals surface area (Å²) in [7, 11) is -0.994. The molecule has 1 saturated carbocycles. The first-order valence-corrected chi connectivity index (χ1v) is 10.6. The van der Waals surface area contributed by atoms with Crippen LogP contribution in [0.15, 0.2) is 4.73 Å². The van der Waals surface area contributed by atoms with E-state index in [1.807, 2.05) is 0 Å². The quantitative estimate of drug-likeness (QED) is 0.597. The molecule has 1 fully saturated rings. The highest BCUT2D eigenvalue weighted by Crippen LogP contribution is 2.38. The minimum atomic E-state index is -0.994. The van der Waals surface area contributed by atoms with Crippen LogP contribution in [0.25, 0.3) is 0 Å². The maximum absolute atomic E-state index is 5.66. The third-order valence-corrected chi connectivity index (χ3v) is 5.09. The molecular weight excluding hydrogens is 298 g/mol. The van der Waals surface area contributed by atoms with Gasteiger partial charge in [0.15, 0.2) is 10.6 Å². The topological polar surface area (TPSA) is 39.9 Å². The molecule has 6 heteroatoms. The zero-order chi connectivity index (χ0) is 12.5. The van der Waals surface area contributed by atoms with Crippen molar-refractivity contribution in [3.8, 4) is 0 Å². The molecule has 96 valence electrons. The van der Waals surface area contributed by atoms with Gasteiger partial charge in [-0.1, -0.05) is 19.6 Å². The van der Waals surface area contributed by atoms with Gasteiger partial charge in [0.25, 0.3) is 0 Å². The number of nitrogens with zero attached hydrogens (tertiary/aromatic N) is 3. The lowest BCUT2D eigenvalue weighted by Crippen LogP contribution is -2.22. The standard InChI is InChI=1S/C11H20BrN3OSi/c1-17(2,3)7-6-16-8-15-11(12)13-10(14-15)9-4-5-9/h9H,4-8H2,1-3H3. The van der Waals surface area contributed by atoms with Crippen LogP contribution in [0.2, 0.25) is 25.7 Å². The van der Waals surface area contributed by atoms with E-state index >= 15 is 0 Å². The zero-order valence-corrected chi connectivity index (χ0v) is 13.3. The van der Waals surface area contributed by atoms with Gasteiger partial charge in [-0.15, -0.1) is 0 Å². The molecule has 2 rings (SSSR count). The molecule has 0 unspecified atom stereocenters. The van der Waals surface area contributed by atoms with Gasteiger partial charge in [0.2, 0.25) is 0 Å². The molecule has 1 aliphatic carbocycles. The minimum absolute atomic E-state index is 0.505. The molecule has 0 amide bonds. The summed E-state index contributed by atoms with van der Waals surface area (Å²) < 4.78 is 8.24. The molecule has 0 N–H and O–H groups in total. The Hall–Kier alpha value is -0.203. The van der Waals surface area contributed by atoms with Gasteiger partial charge in [0, 0.05) is 20.6 Å². The van der Waals surface area contributed by atoms with Gasteiger partial charge in [-0.2, -0.15) is 5.10 Å². The van der Waals surface area contributed by atoms with Crippen LogP contribution in [-0.4, -0.2) is 29.4 Å². The van der Waals surface area contributed by atoms with Gasteiger partial charge in [0.05, 0.1) is 0 Å². The van der Waals surface area contributed by atoms with Crippen molar-refractivity contribution < 1.29 is 4.74 Å². The summed E-state index contributed by atoms with van der Waals surface area (Å²) in [6.45, 7) is 8.39. The van der Waals surface area contributed by atoms with Crippen LogP contribution in [-0.2, 0) is 11.5 Å². The predicted octanol–water partition coefficient (Wildman–Crippen LogP) is 3.23. The van der Waals surface area contributed by atoms with E-state index in [9.17, 15) is 0 Å². The number of hydrogen-bond donors (Lipinski definition) is 0. The van der Waals surface area contributed by atoms with Crippen molar-refractivity contribution >= 4 is 24.0 Å². The van der Waals surface area contributed by atoms with E-state index < -0.39 is 8.07 Å². The van der Waals surface area contributed by atoms with Crippen LogP contribution in [0.1, 0.15) is 24.6 Å². The van der Waals surface area contributed by atoms with E-state index in [1.165, 1.54) is 18.9 Å². The van der Waals surface area contributed by atoms with E-state index in [2.05, 4.69) is 45.7 Å². The van der Waals surface area contributed by atoms with Gasteiger partial charge in [-0.05, 0) is 34.8 Å². The van der Waals surface area contributed by atoms with Gasteiger partial charge >= 0.3 is 0 Å². The molecule has 1 aromatic rings. The molecule has 1 aromatic heterocycles. The van der Waals surface area contributed by atoms with Crippen LogP contribution in [0.5, 0.6) is 0 Å². The monoisotopic (exact) mass is 317 g/mol. The summed E-state index contributed by atoms with van der Waals surface area (Å²) in [5.41, 5.74) is 0. The molecule has 0 aromatic carbocycles. The third kappa shape index (κ3) is 4.19. The van der Waals surface area contributed by atoms with Crippen molar-refractivity contribution in [2.24, 2.45) is 0 Å². The Morgan fingerprint density at radius 1 is 1.41 bits per heavy atom. The molecule has 0 spiro atoms. The highest BCUT2D eigenvalue weighted by molar-refractivity contribution is 9.10. The Morgan fingerprint density at radius 2 is 2.12 bits per heavy atom. The number of aromatic nitrogens is 3. The van der Waals surface area contributed by atoms with Crippen LogP contribution in [0, 0.1) is 0 Å². The Labute approximate surface area is 112 Å². The van der Waals surface area contributed by atoms with Crippen molar-refractivity contribution in [3.05, 3.63) is 10.6 Å². The second-order valence-electron chi connectivity index (χ2n) is 5.86. The highest BCUT2D eigenvalue weighted by Gasteiger charge is 2.28. The van der Waals surface area contributed by atoms with Gasteiger partial charge < -0.3 is 4.74 Å². The first-order chi connectivity index (χ1) is 7.96. The van der Waals surface area contributed by atoms with Crippen LogP contribution >= 0.6 is 15.9 Å². The lowest BCUT2D eigenvalue weighted by molar-refractivity contribution is 0.0764. The molecule has 0 aliphatic heterocycles. The molecule has 4 nitrogen and oxygen atoms in total. The minimum Gasteiger partial charge on any atom is -0.359 e. The van der Waals surface area contributed by atoms with Crippen molar-refractivity contribution in [1.29, 1.82) is 0 Å². The molecule has 0 radical (unpaired) electrons. The summed E-state index contributed by atoms with van der Waals surface area (Å²) >= 11 is 3.42. The molecule has 0 saturated heterocycles. The van der Waals surface area contributed by atoms with Crippen molar-refractivity contribution in [2.75, 3.05) is 6.61 Å². The first kappa shape index (κ1) is 13.2. The molecule has 17 heavy (non-hydrogen) atoms. The molecule has 0 bridgehead atoms. The van der Waals surface area contributed by atoms with Crippen molar-refractivity contribution in [3.63, 3.8) is 0 Å². The van der Waals surface area contributed by atoms with E-state index in [-0.39, 0.29) is 0 Å². The summed E-state index contributed by atoms with van der Waals surface area (Å²) in [6.07, 6.45) is 2.46. The maximum atomic E-state index is 5.66. The lowest BCUT2D eigenvalue weighted by Gasteiger charge is -2.15. The fourth-order valence-corrected chi connectivity index (χ4v) is 2.59. The summed E-state index contributed by atoms with van der Waals surface area (Å²) in [5, 5.41) is 4.45. The molecule has 1 aliphatic rings. The largest absolute Gasteiger partial charge is 0.359 e.